The second-order valence-electron chi connectivity index (χ2n) is 5.11. The molecule has 0 saturated carbocycles. The summed E-state index contributed by atoms with van der Waals surface area (Å²) in [4.78, 5) is 11.5. The zero-order chi connectivity index (χ0) is 13.8. The number of hydrogen-bond donors (Lipinski definition) is 1. The number of hydrogen-bond acceptors (Lipinski definition) is 2. The summed E-state index contributed by atoms with van der Waals surface area (Å²) in [5, 5.41) is 2.90. The molecule has 1 rings (SSSR count). The zero-order valence-electron chi connectivity index (χ0n) is 12.1. The smallest absolute Gasteiger partial charge is 0.243 e. The van der Waals surface area contributed by atoms with Crippen molar-refractivity contribution < 1.29 is 9.53 Å². The van der Waals surface area contributed by atoms with E-state index in [0.29, 0.717) is 5.92 Å². The molecule has 3 nitrogen and oxygen atoms in total. The van der Waals surface area contributed by atoms with Gasteiger partial charge in [0.2, 0.25) is 5.91 Å². The number of carbonyl (C=O) groups excluding carboxylic acids is 1. The monoisotopic (exact) mass is 265 g/mol. The van der Waals surface area contributed by atoms with Crippen LogP contribution in [0.3, 0.4) is 0 Å². The number of amides is 1. The van der Waals surface area contributed by atoms with Gasteiger partial charge < -0.3 is 10.1 Å². The molecule has 0 radical (unpaired) electrons. The average Bonchev–Trinajstić information content (AvgIpc) is 2.93. The van der Waals surface area contributed by atoms with Gasteiger partial charge in [-0.15, -0.1) is 0 Å². The van der Waals surface area contributed by atoms with Crippen LogP contribution in [0.1, 0.15) is 45.4 Å². The van der Waals surface area contributed by atoms with E-state index in [4.69, 9.17) is 4.74 Å². The second kappa shape index (κ2) is 10.8. The standard InChI is InChI=1S/C16H27NO2/c1-2-3-4-5-6-7-8-9-10-16(18)17-13-15-11-12-19-14-15/h7-10,15H,2-6,11-14H2,1H3,(H,17,18)/b8-7+,10-9+. The predicted octanol–water partition coefficient (Wildman–Crippen LogP) is 3.22. The molecule has 1 N–H and O–H groups in total. The maximum Gasteiger partial charge on any atom is 0.243 e. The minimum absolute atomic E-state index is 0.0115. The molecule has 1 fully saturated rings. The molecular formula is C16H27NO2. The maximum absolute atomic E-state index is 11.5. The number of ether oxygens (including phenoxy) is 1. The van der Waals surface area contributed by atoms with Crippen LogP contribution in [0.25, 0.3) is 0 Å². The van der Waals surface area contributed by atoms with E-state index >= 15 is 0 Å². The predicted molar refractivity (Wildman–Crippen MR) is 79.0 cm³/mol. The second-order valence-corrected chi connectivity index (χ2v) is 5.11. The molecule has 1 amide bonds. The first-order valence-corrected chi connectivity index (χ1v) is 7.51. The van der Waals surface area contributed by atoms with E-state index in [1.165, 1.54) is 25.7 Å². The van der Waals surface area contributed by atoms with Crippen molar-refractivity contribution in [1.82, 2.24) is 5.32 Å². The summed E-state index contributed by atoms with van der Waals surface area (Å²) in [6.07, 6.45) is 14.8. The van der Waals surface area contributed by atoms with Crippen molar-refractivity contribution in [2.24, 2.45) is 5.92 Å². The Morgan fingerprint density at radius 3 is 2.95 bits per heavy atom. The Morgan fingerprint density at radius 1 is 1.32 bits per heavy atom. The highest BCUT2D eigenvalue weighted by molar-refractivity contribution is 5.87. The van der Waals surface area contributed by atoms with Gasteiger partial charge >= 0.3 is 0 Å². The Morgan fingerprint density at radius 2 is 2.21 bits per heavy atom. The van der Waals surface area contributed by atoms with Crippen LogP contribution in [0, 0.1) is 5.92 Å². The van der Waals surface area contributed by atoms with E-state index in [0.717, 1.165) is 32.6 Å². The third-order valence-electron chi connectivity index (χ3n) is 3.31. The van der Waals surface area contributed by atoms with Crippen LogP contribution in [-0.4, -0.2) is 25.7 Å². The van der Waals surface area contributed by atoms with Gasteiger partial charge in [-0.2, -0.15) is 0 Å². The van der Waals surface area contributed by atoms with Crippen molar-refractivity contribution in [3.05, 3.63) is 24.3 Å². The quantitative estimate of drug-likeness (QED) is 0.395. The summed E-state index contributed by atoms with van der Waals surface area (Å²) in [6, 6.07) is 0. The van der Waals surface area contributed by atoms with Crippen molar-refractivity contribution in [2.75, 3.05) is 19.8 Å². The van der Waals surface area contributed by atoms with Crippen molar-refractivity contribution in [2.45, 2.75) is 45.4 Å². The minimum atomic E-state index is -0.0115. The zero-order valence-corrected chi connectivity index (χ0v) is 12.1. The molecule has 1 unspecified atom stereocenters. The molecular weight excluding hydrogens is 238 g/mol. The number of allylic oxidation sites excluding steroid dienone is 3. The van der Waals surface area contributed by atoms with E-state index in [1.54, 1.807) is 6.08 Å². The molecule has 19 heavy (non-hydrogen) atoms. The fraction of sp³-hybridized carbons (Fsp3) is 0.688. The molecule has 1 heterocycles. The van der Waals surface area contributed by atoms with Gasteiger partial charge in [0.05, 0.1) is 6.61 Å². The van der Waals surface area contributed by atoms with Gasteiger partial charge in [-0.05, 0) is 19.3 Å². The first-order valence-electron chi connectivity index (χ1n) is 7.51. The first kappa shape index (κ1) is 16.0. The molecule has 0 aromatic carbocycles. The van der Waals surface area contributed by atoms with Gasteiger partial charge in [-0.25, -0.2) is 0 Å². The lowest BCUT2D eigenvalue weighted by Crippen LogP contribution is -2.27. The van der Waals surface area contributed by atoms with Crippen LogP contribution in [0.15, 0.2) is 24.3 Å². The van der Waals surface area contributed by atoms with Crippen LogP contribution in [-0.2, 0) is 9.53 Å². The van der Waals surface area contributed by atoms with E-state index < -0.39 is 0 Å². The van der Waals surface area contributed by atoms with Crippen molar-refractivity contribution >= 4 is 5.91 Å². The lowest BCUT2D eigenvalue weighted by Gasteiger charge is -2.06. The Labute approximate surface area is 117 Å². The SMILES string of the molecule is CCCCCC/C=C/C=C/C(=O)NCC1CCOC1. The minimum Gasteiger partial charge on any atom is -0.381 e. The third-order valence-corrected chi connectivity index (χ3v) is 3.31. The van der Waals surface area contributed by atoms with E-state index in [-0.39, 0.29) is 5.91 Å². The lowest BCUT2D eigenvalue weighted by atomic mass is 10.1. The Kier molecular flexibility index (Phi) is 9.07. The fourth-order valence-corrected chi connectivity index (χ4v) is 2.05. The molecule has 1 saturated heterocycles. The fourth-order valence-electron chi connectivity index (χ4n) is 2.05. The van der Waals surface area contributed by atoms with Crippen LogP contribution >= 0.6 is 0 Å². The van der Waals surface area contributed by atoms with E-state index in [9.17, 15) is 4.79 Å². The largest absolute Gasteiger partial charge is 0.381 e. The molecule has 108 valence electrons. The Balaban J connectivity index is 2.00. The lowest BCUT2D eigenvalue weighted by molar-refractivity contribution is -0.116. The summed E-state index contributed by atoms with van der Waals surface area (Å²) >= 11 is 0. The average molecular weight is 265 g/mol. The van der Waals surface area contributed by atoms with Crippen LogP contribution in [0.4, 0.5) is 0 Å². The molecule has 1 aliphatic heterocycles. The summed E-state index contributed by atoms with van der Waals surface area (Å²) < 4.78 is 5.26. The van der Waals surface area contributed by atoms with Gasteiger partial charge in [0, 0.05) is 25.1 Å². The molecule has 0 bridgehead atoms. The molecule has 1 aliphatic rings. The molecule has 0 aliphatic carbocycles. The van der Waals surface area contributed by atoms with Gasteiger partial charge in [0.1, 0.15) is 0 Å². The van der Waals surface area contributed by atoms with Crippen LogP contribution < -0.4 is 5.32 Å². The number of carbonyl (C=O) groups is 1. The van der Waals surface area contributed by atoms with Gasteiger partial charge in [0.25, 0.3) is 0 Å². The Hall–Kier alpha value is -1.09. The van der Waals surface area contributed by atoms with E-state index in [2.05, 4.69) is 18.3 Å². The van der Waals surface area contributed by atoms with Crippen LogP contribution in [0.2, 0.25) is 0 Å². The van der Waals surface area contributed by atoms with Crippen molar-refractivity contribution in [3.8, 4) is 0 Å². The van der Waals surface area contributed by atoms with Crippen molar-refractivity contribution in [3.63, 3.8) is 0 Å². The Bertz CT molecular complexity index is 291. The molecule has 0 spiro atoms. The van der Waals surface area contributed by atoms with Crippen LogP contribution in [0.5, 0.6) is 0 Å². The summed E-state index contributed by atoms with van der Waals surface area (Å²) in [5.74, 6) is 0.481. The molecule has 3 heteroatoms. The van der Waals surface area contributed by atoms with Gasteiger partial charge in [-0.3, -0.25) is 4.79 Å². The third kappa shape index (κ3) is 8.60. The topological polar surface area (TPSA) is 38.3 Å². The first-order chi connectivity index (χ1) is 9.33. The highest BCUT2D eigenvalue weighted by atomic mass is 16.5. The number of rotatable bonds is 9. The summed E-state index contributed by atoms with van der Waals surface area (Å²) in [5.41, 5.74) is 0. The molecule has 0 aromatic heterocycles. The molecule has 1 atom stereocenters. The molecule has 0 aromatic rings. The van der Waals surface area contributed by atoms with Gasteiger partial charge in [0.15, 0.2) is 0 Å². The highest BCUT2D eigenvalue weighted by Crippen LogP contribution is 2.10. The normalized spacial score (nSPS) is 19.5. The summed E-state index contributed by atoms with van der Waals surface area (Å²) in [6.45, 7) is 4.55. The van der Waals surface area contributed by atoms with Gasteiger partial charge in [-0.1, -0.05) is 44.4 Å². The number of nitrogens with one attached hydrogen (secondary N) is 1. The highest BCUT2D eigenvalue weighted by Gasteiger charge is 2.15. The van der Waals surface area contributed by atoms with Crippen molar-refractivity contribution in [1.29, 1.82) is 0 Å². The maximum atomic E-state index is 11.5. The van der Waals surface area contributed by atoms with E-state index in [1.807, 2.05) is 12.2 Å². The summed E-state index contributed by atoms with van der Waals surface area (Å²) in [7, 11) is 0. The number of unbranched alkanes of at least 4 members (excludes halogenated alkanes) is 4.